The van der Waals surface area contributed by atoms with Gasteiger partial charge in [0, 0.05) is 0 Å². The molecule has 104 valence electrons. The van der Waals surface area contributed by atoms with Crippen LogP contribution < -0.4 is 4.98 Å². The van der Waals surface area contributed by atoms with Crippen LogP contribution in [0.2, 0.25) is 45.8 Å². The zero-order chi connectivity index (χ0) is 13.9. The third-order valence-corrected chi connectivity index (χ3v) is 11.9. The van der Waals surface area contributed by atoms with Crippen molar-refractivity contribution < 1.29 is 8.23 Å². The molecule has 0 fully saturated rings. The fourth-order valence-electron chi connectivity index (χ4n) is 2.10. The average molecular weight is 294 g/mol. The molecule has 0 aromatic carbocycles. The molecule has 6 heteroatoms. The van der Waals surface area contributed by atoms with E-state index in [9.17, 15) is 0 Å². The van der Waals surface area contributed by atoms with Gasteiger partial charge in [-0.25, -0.2) is 0 Å². The molecule has 0 spiro atoms. The van der Waals surface area contributed by atoms with Crippen molar-refractivity contribution in [2.75, 3.05) is 0 Å². The number of rotatable bonds is 7. The second-order valence-electron chi connectivity index (χ2n) is 6.68. The Morgan fingerprint density at radius 2 is 1.41 bits per heavy atom. The third-order valence-electron chi connectivity index (χ3n) is 2.26. The quantitative estimate of drug-likeness (QED) is 0.727. The highest BCUT2D eigenvalue weighted by molar-refractivity contribution is 6.86. The molecule has 0 heterocycles. The van der Waals surface area contributed by atoms with Crippen molar-refractivity contribution >= 4 is 25.4 Å². The van der Waals surface area contributed by atoms with Gasteiger partial charge in [0.05, 0.1) is 0 Å². The normalized spacial score (nSPS) is 16.1. The summed E-state index contributed by atoms with van der Waals surface area (Å²) in [5.74, 6) is 0. The van der Waals surface area contributed by atoms with Crippen LogP contribution >= 0.6 is 0 Å². The van der Waals surface area contributed by atoms with Gasteiger partial charge < -0.3 is 13.2 Å². The number of hydrogen-bond donors (Lipinski definition) is 1. The summed E-state index contributed by atoms with van der Waals surface area (Å²) in [6, 6.07) is 0.522. The topological polar surface area (TPSA) is 30.5 Å². The molecule has 0 saturated carbocycles. The standard InChI is InChI=1S/C11H31NO2Si3/c1-10-11(2)12-16(6,7)14-17(8,9)13-15(3,4)5/h11-12H,10H2,1-9H3. The largest absolute Gasteiger partial charge is 0.437 e. The molecular formula is C11H31NO2Si3. The number of hydrogen-bond acceptors (Lipinski definition) is 3. The van der Waals surface area contributed by atoms with Crippen LogP contribution in [-0.2, 0) is 8.23 Å². The van der Waals surface area contributed by atoms with Crippen LogP contribution in [0.1, 0.15) is 20.3 Å². The van der Waals surface area contributed by atoms with E-state index in [2.05, 4.69) is 64.7 Å². The van der Waals surface area contributed by atoms with Crippen LogP contribution in [0.15, 0.2) is 0 Å². The van der Waals surface area contributed by atoms with Crippen LogP contribution in [0.4, 0.5) is 0 Å². The van der Waals surface area contributed by atoms with E-state index < -0.39 is 25.4 Å². The highest BCUT2D eigenvalue weighted by Crippen LogP contribution is 2.19. The van der Waals surface area contributed by atoms with Crippen LogP contribution in [0.5, 0.6) is 0 Å². The van der Waals surface area contributed by atoms with Crippen molar-refractivity contribution in [2.45, 2.75) is 72.1 Å². The first-order chi connectivity index (χ1) is 7.37. The van der Waals surface area contributed by atoms with Crippen molar-refractivity contribution in [1.82, 2.24) is 4.98 Å². The van der Waals surface area contributed by atoms with Gasteiger partial charge >= 0.3 is 8.56 Å². The van der Waals surface area contributed by atoms with Gasteiger partial charge in [0.25, 0.3) is 8.48 Å². The Hall–Kier alpha value is 0.531. The molecule has 0 aliphatic rings. The van der Waals surface area contributed by atoms with Crippen LogP contribution in [0, 0.1) is 0 Å². The van der Waals surface area contributed by atoms with Gasteiger partial charge in [-0.2, -0.15) is 0 Å². The monoisotopic (exact) mass is 293 g/mol. The molecule has 0 saturated heterocycles. The molecule has 1 N–H and O–H groups in total. The molecule has 0 aromatic rings. The Balaban J connectivity index is 4.47. The molecule has 0 bridgehead atoms. The van der Waals surface area contributed by atoms with Gasteiger partial charge in [-0.3, -0.25) is 0 Å². The van der Waals surface area contributed by atoms with Gasteiger partial charge in [-0.15, -0.1) is 0 Å². The van der Waals surface area contributed by atoms with E-state index in [1.165, 1.54) is 0 Å². The van der Waals surface area contributed by atoms with Gasteiger partial charge in [0.15, 0.2) is 8.32 Å². The molecule has 3 nitrogen and oxygen atoms in total. The molecule has 0 aliphatic heterocycles. The summed E-state index contributed by atoms with van der Waals surface area (Å²) in [5, 5.41) is 0. The predicted molar refractivity (Wildman–Crippen MR) is 83.4 cm³/mol. The molecule has 1 unspecified atom stereocenters. The summed E-state index contributed by atoms with van der Waals surface area (Å²) < 4.78 is 12.6. The Morgan fingerprint density at radius 1 is 0.941 bits per heavy atom. The first-order valence-electron chi connectivity index (χ1n) is 6.55. The average Bonchev–Trinajstić information content (AvgIpc) is 1.94. The molecule has 17 heavy (non-hydrogen) atoms. The highest BCUT2D eigenvalue weighted by atomic mass is 28.5. The van der Waals surface area contributed by atoms with Crippen LogP contribution in [0.3, 0.4) is 0 Å². The minimum absolute atomic E-state index is 0.522. The summed E-state index contributed by atoms with van der Waals surface area (Å²) in [5.41, 5.74) is 0. The lowest BCUT2D eigenvalue weighted by Crippen LogP contribution is -2.59. The predicted octanol–water partition coefficient (Wildman–Crippen LogP) is 3.65. The Kier molecular flexibility index (Phi) is 6.31. The highest BCUT2D eigenvalue weighted by Gasteiger charge is 2.38. The van der Waals surface area contributed by atoms with Crippen molar-refractivity contribution in [3.05, 3.63) is 0 Å². The fraction of sp³-hybridized carbons (Fsp3) is 1.00. The van der Waals surface area contributed by atoms with Crippen molar-refractivity contribution in [3.8, 4) is 0 Å². The molecule has 0 aliphatic carbocycles. The summed E-state index contributed by atoms with van der Waals surface area (Å²) in [6.07, 6.45) is 1.14. The lowest BCUT2D eigenvalue weighted by atomic mass is 10.3. The van der Waals surface area contributed by atoms with Crippen molar-refractivity contribution in [1.29, 1.82) is 0 Å². The summed E-state index contributed by atoms with van der Waals surface area (Å²) in [4.78, 5) is 3.63. The van der Waals surface area contributed by atoms with Gasteiger partial charge in [0.1, 0.15) is 0 Å². The van der Waals surface area contributed by atoms with E-state index in [-0.39, 0.29) is 0 Å². The summed E-state index contributed by atoms with van der Waals surface area (Å²) >= 11 is 0. The SMILES string of the molecule is CCC(C)N[Si](C)(C)O[Si](C)(C)O[Si](C)(C)C. The maximum absolute atomic E-state index is 6.35. The van der Waals surface area contributed by atoms with Crippen LogP contribution in [0.25, 0.3) is 0 Å². The first-order valence-corrected chi connectivity index (χ1v) is 15.7. The molecular weight excluding hydrogens is 262 g/mol. The van der Waals surface area contributed by atoms with E-state index in [0.29, 0.717) is 6.04 Å². The molecule has 0 aromatic heterocycles. The van der Waals surface area contributed by atoms with Crippen LogP contribution in [-0.4, -0.2) is 31.4 Å². The second kappa shape index (κ2) is 6.12. The smallest absolute Gasteiger partial charge is 0.312 e. The summed E-state index contributed by atoms with van der Waals surface area (Å²) in [7, 11) is -5.32. The molecule has 0 radical (unpaired) electrons. The van der Waals surface area contributed by atoms with Gasteiger partial charge in [0.2, 0.25) is 0 Å². The van der Waals surface area contributed by atoms with E-state index in [1.807, 2.05) is 0 Å². The van der Waals surface area contributed by atoms with Gasteiger partial charge in [-0.1, -0.05) is 13.8 Å². The molecule has 0 rings (SSSR count). The van der Waals surface area contributed by atoms with Crippen molar-refractivity contribution in [2.24, 2.45) is 0 Å². The first kappa shape index (κ1) is 17.5. The zero-order valence-electron chi connectivity index (χ0n) is 13.1. The minimum Gasteiger partial charge on any atom is -0.437 e. The minimum atomic E-state index is -1.99. The Bertz CT molecular complexity index is 239. The van der Waals surface area contributed by atoms with Gasteiger partial charge in [-0.05, 0) is 58.3 Å². The molecule has 1 atom stereocenters. The van der Waals surface area contributed by atoms with Crippen molar-refractivity contribution in [3.63, 3.8) is 0 Å². The van der Waals surface area contributed by atoms with E-state index in [1.54, 1.807) is 0 Å². The molecule has 0 amide bonds. The van der Waals surface area contributed by atoms with E-state index in [4.69, 9.17) is 8.23 Å². The zero-order valence-corrected chi connectivity index (χ0v) is 16.1. The van der Waals surface area contributed by atoms with E-state index in [0.717, 1.165) is 6.42 Å². The summed E-state index contributed by atoms with van der Waals surface area (Å²) in [6.45, 7) is 19.9. The maximum atomic E-state index is 6.35. The van der Waals surface area contributed by atoms with E-state index >= 15 is 0 Å². The fourth-order valence-corrected chi connectivity index (χ4v) is 15.1. The lowest BCUT2D eigenvalue weighted by molar-refractivity contribution is 0.379. The number of nitrogens with one attached hydrogen (secondary N) is 1. The Labute approximate surface area is 111 Å². The second-order valence-corrected chi connectivity index (χ2v) is 18.6. The third kappa shape index (κ3) is 9.15. The maximum Gasteiger partial charge on any atom is 0.312 e. The Morgan fingerprint density at radius 3 is 1.76 bits per heavy atom. The lowest BCUT2D eigenvalue weighted by Gasteiger charge is -2.38.